The van der Waals surface area contributed by atoms with Gasteiger partial charge < -0.3 is 15.4 Å². The van der Waals surface area contributed by atoms with Crippen molar-refractivity contribution in [3.05, 3.63) is 52.7 Å². The van der Waals surface area contributed by atoms with E-state index in [0.29, 0.717) is 0 Å². The minimum Gasteiger partial charge on any atom is -0.455 e. The highest BCUT2D eigenvalue weighted by Gasteiger charge is 2.13. The Balaban J connectivity index is 1.57. The number of guanidine groups is 1. The van der Waals surface area contributed by atoms with Gasteiger partial charge in [0.1, 0.15) is 11.5 Å². The molecule has 1 aromatic carbocycles. The van der Waals surface area contributed by atoms with E-state index in [-0.39, 0.29) is 0 Å². The fourth-order valence-corrected chi connectivity index (χ4v) is 3.78. The monoisotopic (exact) mass is 393 g/mol. The van der Waals surface area contributed by atoms with Gasteiger partial charge in [0, 0.05) is 35.3 Å². The van der Waals surface area contributed by atoms with Crippen LogP contribution in [0.3, 0.4) is 0 Å². The van der Waals surface area contributed by atoms with Crippen LogP contribution in [0.5, 0.6) is 11.5 Å². The van der Waals surface area contributed by atoms with Crippen molar-refractivity contribution in [1.82, 2.24) is 15.3 Å². The van der Waals surface area contributed by atoms with Crippen LogP contribution >= 0.6 is 11.3 Å². The van der Waals surface area contributed by atoms with Gasteiger partial charge >= 0.3 is 0 Å². The van der Waals surface area contributed by atoms with Crippen molar-refractivity contribution in [2.75, 3.05) is 18.4 Å². The first-order valence-electron chi connectivity index (χ1n) is 9.33. The van der Waals surface area contributed by atoms with Crippen LogP contribution in [0, 0.1) is 20.8 Å². The van der Waals surface area contributed by atoms with Crippen molar-refractivity contribution in [3.8, 4) is 22.8 Å². The summed E-state index contributed by atoms with van der Waals surface area (Å²) in [5.41, 5.74) is 4.89. The molecule has 6 nitrogen and oxygen atoms in total. The summed E-state index contributed by atoms with van der Waals surface area (Å²) in [6.45, 7) is 7.78. The van der Waals surface area contributed by atoms with Crippen LogP contribution < -0.4 is 15.4 Å². The normalized spacial score (nSPS) is 13.6. The zero-order valence-electron chi connectivity index (χ0n) is 16.2. The van der Waals surface area contributed by atoms with Crippen molar-refractivity contribution in [2.24, 2.45) is 4.99 Å². The smallest absolute Gasteiger partial charge is 0.197 e. The Hall–Kier alpha value is -2.93. The fraction of sp³-hybridized carbons (Fsp3) is 0.286. The average molecular weight is 394 g/mol. The molecule has 0 fully saturated rings. The number of pyridine rings is 1. The van der Waals surface area contributed by atoms with Crippen molar-refractivity contribution in [1.29, 1.82) is 0 Å². The Morgan fingerprint density at radius 3 is 2.75 bits per heavy atom. The third kappa shape index (κ3) is 3.99. The zero-order chi connectivity index (χ0) is 19.5. The summed E-state index contributed by atoms with van der Waals surface area (Å²) >= 11 is 1.57. The van der Waals surface area contributed by atoms with Gasteiger partial charge in [-0.05, 0) is 45.4 Å². The second-order valence-electron chi connectivity index (χ2n) is 6.74. The quantitative estimate of drug-likeness (QED) is 0.673. The number of nitrogens with zero attached hydrogens (tertiary/aromatic N) is 3. The maximum Gasteiger partial charge on any atom is 0.197 e. The van der Waals surface area contributed by atoms with Crippen LogP contribution in [-0.2, 0) is 0 Å². The van der Waals surface area contributed by atoms with E-state index in [2.05, 4.69) is 39.0 Å². The van der Waals surface area contributed by atoms with E-state index in [0.717, 1.165) is 70.3 Å². The van der Waals surface area contributed by atoms with Gasteiger partial charge in [-0.1, -0.05) is 12.1 Å². The highest BCUT2D eigenvalue weighted by atomic mass is 32.1. The van der Waals surface area contributed by atoms with Gasteiger partial charge in [-0.2, -0.15) is 0 Å². The Kier molecular flexibility index (Phi) is 5.25. The van der Waals surface area contributed by atoms with Crippen molar-refractivity contribution >= 4 is 22.4 Å². The van der Waals surface area contributed by atoms with Crippen molar-refractivity contribution in [3.63, 3.8) is 0 Å². The van der Waals surface area contributed by atoms with Crippen molar-refractivity contribution in [2.45, 2.75) is 27.2 Å². The number of aryl methyl sites for hydroxylation is 2. The molecule has 0 bridgehead atoms. The third-order valence-electron chi connectivity index (χ3n) is 4.58. The van der Waals surface area contributed by atoms with E-state index in [1.54, 1.807) is 11.3 Å². The molecule has 0 amide bonds. The average Bonchev–Trinajstić information content (AvgIpc) is 3.14. The largest absolute Gasteiger partial charge is 0.455 e. The van der Waals surface area contributed by atoms with Crippen molar-refractivity contribution < 1.29 is 4.74 Å². The molecule has 0 radical (unpaired) electrons. The van der Waals surface area contributed by atoms with Crippen LogP contribution in [0.25, 0.3) is 11.3 Å². The summed E-state index contributed by atoms with van der Waals surface area (Å²) in [6, 6.07) is 9.96. The molecule has 7 heteroatoms. The van der Waals surface area contributed by atoms with Crippen LogP contribution in [0.4, 0.5) is 5.13 Å². The Morgan fingerprint density at radius 2 is 1.96 bits per heavy atom. The molecule has 0 spiro atoms. The van der Waals surface area contributed by atoms with E-state index in [1.807, 2.05) is 38.1 Å². The van der Waals surface area contributed by atoms with Gasteiger partial charge in [0.25, 0.3) is 0 Å². The van der Waals surface area contributed by atoms with E-state index < -0.39 is 0 Å². The van der Waals surface area contributed by atoms with Gasteiger partial charge in [-0.25, -0.2) is 4.98 Å². The summed E-state index contributed by atoms with van der Waals surface area (Å²) in [6.07, 6.45) is 1.07. The molecule has 3 aromatic rings. The van der Waals surface area contributed by atoms with Gasteiger partial charge in [-0.15, -0.1) is 11.3 Å². The molecule has 144 valence electrons. The SMILES string of the molecule is Cc1ccc(Oc2cccc(-c3csc(NC4=NCCCN4)n3)c2C)c(C)n1. The highest BCUT2D eigenvalue weighted by molar-refractivity contribution is 7.14. The number of ether oxygens (including phenoxy) is 1. The summed E-state index contributed by atoms with van der Waals surface area (Å²) in [4.78, 5) is 13.6. The minimum absolute atomic E-state index is 0.771. The first kappa shape index (κ1) is 18.4. The van der Waals surface area contributed by atoms with Crippen LogP contribution in [0.15, 0.2) is 40.7 Å². The van der Waals surface area contributed by atoms with Gasteiger partial charge in [0.15, 0.2) is 11.1 Å². The molecule has 1 aliphatic heterocycles. The van der Waals surface area contributed by atoms with E-state index in [4.69, 9.17) is 9.72 Å². The van der Waals surface area contributed by atoms with E-state index >= 15 is 0 Å². The topological polar surface area (TPSA) is 71.4 Å². The number of hydrogen-bond acceptors (Lipinski definition) is 7. The lowest BCUT2D eigenvalue weighted by Crippen LogP contribution is -2.35. The standard InChI is InChI=1S/C21H23N5OS/c1-13-8-9-19(15(3)24-13)27-18-7-4-6-16(14(18)2)17-12-28-21(25-17)26-20-22-10-5-11-23-20/h4,6-9,12H,5,10-11H2,1-3H3,(H2,22,23,25,26). The summed E-state index contributed by atoms with van der Waals surface area (Å²) in [5.74, 6) is 2.38. The number of rotatable bonds is 4. The highest BCUT2D eigenvalue weighted by Crippen LogP contribution is 2.34. The number of aromatic nitrogens is 2. The molecule has 3 heterocycles. The summed E-state index contributed by atoms with van der Waals surface area (Å²) in [7, 11) is 0. The van der Waals surface area contributed by atoms with E-state index in [9.17, 15) is 0 Å². The molecule has 1 aliphatic rings. The van der Waals surface area contributed by atoms with Crippen LogP contribution in [0.2, 0.25) is 0 Å². The molecule has 2 N–H and O–H groups in total. The molecular formula is C21H23N5OS. The maximum atomic E-state index is 6.15. The predicted molar refractivity (Wildman–Crippen MR) is 115 cm³/mol. The number of anilines is 1. The lowest BCUT2D eigenvalue weighted by molar-refractivity contribution is 0.472. The van der Waals surface area contributed by atoms with Crippen LogP contribution in [0.1, 0.15) is 23.4 Å². The lowest BCUT2D eigenvalue weighted by Gasteiger charge is -2.14. The molecule has 2 aromatic heterocycles. The number of benzene rings is 1. The molecule has 0 atom stereocenters. The number of thiazole rings is 1. The van der Waals surface area contributed by atoms with Gasteiger partial charge in [0.2, 0.25) is 0 Å². The minimum atomic E-state index is 0.771. The number of aliphatic imine (C=N–C) groups is 1. The summed E-state index contributed by atoms with van der Waals surface area (Å²) in [5, 5.41) is 9.40. The van der Waals surface area contributed by atoms with Crippen LogP contribution in [-0.4, -0.2) is 29.0 Å². The van der Waals surface area contributed by atoms with Gasteiger partial charge in [0.05, 0.1) is 11.4 Å². The number of nitrogens with one attached hydrogen (secondary N) is 2. The molecule has 0 saturated carbocycles. The molecule has 0 aliphatic carbocycles. The maximum absolute atomic E-state index is 6.15. The third-order valence-corrected chi connectivity index (χ3v) is 5.34. The number of hydrogen-bond donors (Lipinski definition) is 2. The molecule has 0 unspecified atom stereocenters. The second kappa shape index (κ2) is 7.98. The molecule has 0 saturated heterocycles. The Bertz CT molecular complexity index is 1030. The first-order chi connectivity index (χ1) is 13.6. The predicted octanol–water partition coefficient (Wildman–Crippen LogP) is 4.68. The fourth-order valence-electron chi connectivity index (χ4n) is 3.08. The first-order valence-corrected chi connectivity index (χ1v) is 10.2. The van der Waals surface area contributed by atoms with E-state index in [1.165, 1.54) is 0 Å². The summed E-state index contributed by atoms with van der Waals surface area (Å²) < 4.78 is 6.15. The second-order valence-corrected chi connectivity index (χ2v) is 7.60. The molecule has 28 heavy (non-hydrogen) atoms. The molecule has 4 rings (SSSR count). The lowest BCUT2D eigenvalue weighted by atomic mass is 10.1. The Labute approximate surface area is 168 Å². The zero-order valence-corrected chi connectivity index (χ0v) is 17.1. The molecular weight excluding hydrogens is 370 g/mol. The van der Waals surface area contributed by atoms with Gasteiger partial charge in [-0.3, -0.25) is 9.98 Å². The Morgan fingerprint density at radius 1 is 1.07 bits per heavy atom.